The lowest BCUT2D eigenvalue weighted by atomic mass is 9.98. The van der Waals surface area contributed by atoms with Gasteiger partial charge in [-0.15, -0.1) is 0 Å². The average Bonchev–Trinajstić information content (AvgIpc) is 2.51. The number of carbonyl (C=O) groups is 3. The number of carbonyl (C=O) groups excluding carboxylic acids is 3. The zero-order chi connectivity index (χ0) is 19.7. The number of nitrogens with zero attached hydrogens (tertiary/aromatic N) is 2. The first-order valence-corrected chi connectivity index (χ1v) is 9.64. The first-order chi connectivity index (χ1) is 12.1. The summed E-state index contributed by atoms with van der Waals surface area (Å²) in [7, 11) is 1.66. The highest BCUT2D eigenvalue weighted by Gasteiger charge is 2.24. The molecule has 150 valence electrons. The highest BCUT2D eigenvalue weighted by atomic mass is 16.2. The summed E-state index contributed by atoms with van der Waals surface area (Å²) < 4.78 is 0. The second kappa shape index (κ2) is 10.5. The quantitative estimate of drug-likeness (QED) is 0.669. The number of hydrogen-bond acceptors (Lipinski definition) is 4. The van der Waals surface area contributed by atoms with Gasteiger partial charge in [-0.05, 0) is 52.5 Å². The molecule has 2 N–H and O–H groups in total. The lowest BCUT2D eigenvalue weighted by Gasteiger charge is -2.33. The van der Waals surface area contributed by atoms with Crippen LogP contribution < -0.4 is 10.6 Å². The van der Waals surface area contributed by atoms with Crippen molar-refractivity contribution in [2.45, 2.75) is 58.9 Å². The van der Waals surface area contributed by atoms with Crippen LogP contribution in [0, 0.1) is 5.92 Å². The summed E-state index contributed by atoms with van der Waals surface area (Å²) in [4.78, 5) is 39.6. The van der Waals surface area contributed by atoms with E-state index in [2.05, 4.69) is 15.5 Å². The zero-order valence-corrected chi connectivity index (χ0v) is 17.1. The van der Waals surface area contributed by atoms with E-state index in [0.717, 1.165) is 32.4 Å². The molecule has 0 aromatic rings. The molecular formula is C19H36N4O3. The van der Waals surface area contributed by atoms with Crippen molar-refractivity contribution >= 4 is 17.7 Å². The molecule has 1 fully saturated rings. The summed E-state index contributed by atoms with van der Waals surface area (Å²) >= 11 is 0. The van der Waals surface area contributed by atoms with Gasteiger partial charge in [0.05, 0.1) is 13.1 Å². The topological polar surface area (TPSA) is 81.8 Å². The summed E-state index contributed by atoms with van der Waals surface area (Å²) in [6, 6.07) is 0. The van der Waals surface area contributed by atoms with Crippen LogP contribution in [0.25, 0.3) is 0 Å². The molecule has 0 aliphatic carbocycles. The molecule has 0 spiro atoms. The lowest BCUT2D eigenvalue weighted by Crippen LogP contribution is -2.49. The van der Waals surface area contributed by atoms with Crippen LogP contribution in [0.3, 0.4) is 0 Å². The Balaban J connectivity index is 2.38. The van der Waals surface area contributed by atoms with Crippen LogP contribution in [0.2, 0.25) is 0 Å². The van der Waals surface area contributed by atoms with Crippen LogP contribution >= 0.6 is 0 Å². The maximum Gasteiger partial charge on any atom is 0.240 e. The molecule has 0 saturated carbocycles. The average molecular weight is 369 g/mol. The number of nitrogens with one attached hydrogen (secondary N) is 2. The molecule has 1 aliphatic heterocycles. The predicted octanol–water partition coefficient (Wildman–Crippen LogP) is 0.988. The molecule has 3 amide bonds. The summed E-state index contributed by atoms with van der Waals surface area (Å²) in [5, 5.41) is 5.85. The number of hydrogen-bond donors (Lipinski definition) is 2. The number of likely N-dealkylation sites (N-methyl/N-ethyl adjacent to an activating group) is 1. The van der Waals surface area contributed by atoms with Crippen LogP contribution in [0.5, 0.6) is 0 Å². The van der Waals surface area contributed by atoms with Crippen molar-refractivity contribution in [2.75, 3.05) is 39.8 Å². The fourth-order valence-electron chi connectivity index (χ4n) is 3.11. The van der Waals surface area contributed by atoms with Crippen molar-refractivity contribution in [2.24, 2.45) is 5.92 Å². The minimum Gasteiger partial charge on any atom is -0.356 e. The Morgan fingerprint density at radius 1 is 1.19 bits per heavy atom. The molecule has 0 radical (unpaired) electrons. The van der Waals surface area contributed by atoms with Gasteiger partial charge < -0.3 is 15.5 Å². The summed E-state index contributed by atoms with van der Waals surface area (Å²) in [6.45, 7) is 10.5. The minimum absolute atomic E-state index is 0.0512. The van der Waals surface area contributed by atoms with Crippen LogP contribution in [0.15, 0.2) is 0 Å². The molecule has 1 aliphatic rings. The van der Waals surface area contributed by atoms with Gasteiger partial charge in [0, 0.05) is 32.1 Å². The summed E-state index contributed by atoms with van der Waals surface area (Å²) in [6.07, 6.45) is 3.51. The Bertz CT molecular complexity index is 488. The van der Waals surface area contributed by atoms with E-state index in [-0.39, 0.29) is 29.8 Å². The molecule has 0 bridgehead atoms. The molecule has 1 unspecified atom stereocenters. The van der Waals surface area contributed by atoms with Crippen molar-refractivity contribution in [1.82, 2.24) is 20.4 Å². The van der Waals surface area contributed by atoms with Crippen LogP contribution in [-0.4, -0.2) is 72.8 Å². The highest BCUT2D eigenvalue weighted by molar-refractivity contribution is 5.85. The zero-order valence-electron chi connectivity index (χ0n) is 17.1. The van der Waals surface area contributed by atoms with Gasteiger partial charge in [-0.1, -0.05) is 6.92 Å². The summed E-state index contributed by atoms with van der Waals surface area (Å²) in [5.41, 5.74) is -0.302. The SMILES string of the molecule is CCCC(=O)NCC1CCCN(CC(=O)N(C)CC(=O)NC(C)(C)C)C1. The van der Waals surface area contributed by atoms with Gasteiger partial charge in [-0.25, -0.2) is 0 Å². The monoisotopic (exact) mass is 368 g/mol. The molecule has 7 heteroatoms. The normalized spacial score (nSPS) is 18.3. The molecule has 0 aromatic heterocycles. The third-order valence-corrected chi connectivity index (χ3v) is 4.35. The largest absolute Gasteiger partial charge is 0.356 e. The first-order valence-electron chi connectivity index (χ1n) is 9.64. The van der Waals surface area contributed by atoms with Crippen molar-refractivity contribution in [1.29, 1.82) is 0 Å². The maximum absolute atomic E-state index is 12.4. The van der Waals surface area contributed by atoms with Gasteiger partial charge in [-0.3, -0.25) is 19.3 Å². The Morgan fingerprint density at radius 3 is 2.50 bits per heavy atom. The van der Waals surface area contributed by atoms with E-state index in [1.807, 2.05) is 27.7 Å². The number of rotatable bonds is 8. The minimum atomic E-state index is -0.302. The standard InChI is InChI=1S/C19H36N4O3/c1-6-8-16(24)20-11-15-9-7-10-23(12-15)14-18(26)22(5)13-17(25)21-19(2,3)4/h15H,6-14H2,1-5H3,(H,20,24)(H,21,25). The maximum atomic E-state index is 12.4. The van der Waals surface area contributed by atoms with Gasteiger partial charge in [0.25, 0.3) is 0 Å². The molecule has 7 nitrogen and oxygen atoms in total. The summed E-state index contributed by atoms with van der Waals surface area (Å²) in [5.74, 6) is 0.283. The number of piperidine rings is 1. The number of likely N-dealkylation sites (tertiary alicyclic amines) is 1. The Morgan fingerprint density at radius 2 is 1.88 bits per heavy atom. The molecule has 1 saturated heterocycles. The Kier molecular flexibility index (Phi) is 9.05. The van der Waals surface area contributed by atoms with E-state index in [4.69, 9.17) is 0 Å². The van der Waals surface area contributed by atoms with Gasteiger partial charge in [0.15, 0.2) is 0 Å². The van der Waals surface area contributed by atoms with E-state index in [9.17, 15) is 14.4 Å². The van der Waals surface area contributed by atoms with Crippen LogP contribution in [-0.2, 0) is 14.4 Å². The van der Waals surface area contributed by atoms with Crippen molar-refractivity contribution in [3.63, 3.8) is 0 Å². The molecule has 1 rings (SSSR count). The molecule has 1 heterocycles. The molecule has 26 heavy (non-hydrogen) atoms. The van der Waals surface area contributed by atoms with E-state index >= 15 is 0 Å². The van der Waals surface area contributed by atoms with Crippen molar-refractivity contribution in [3.05, 3.63) is 0 Å². The Hall–Kier alpha value is -1.63. The smallest absolute Gasteiger partial charge is 0.240 e. The van der Waals surface area contributed by atoms with Crippen molar-refractivity contribution < 1.29 is 14.4 Å². The second-order valence-electron chi connectivity index (χ2n) is 8.35. The lowest BCUT2D eigenvalue weighted by molar-refractivity contribution is -0.136. The van der Waals surface area contributed by atoms with Crippen molar-refractivity contribution in [3.8, 4) is 0 Å². The predicted molar refractivity (Wildman–Crippen MR) is 103 cm³/mol. The number of amides is 3. The fraction of sp³-hybridized carbons (Fsp3) is 0.842. The van der Waals surface area contributed by atoms with Gasteiger partial charge in [0.1, 0.15) is 0 Å². The van der Waals surface area contributed by atoms with E-state index in [0.29, 0.717) is 25.4 Å². The van der Waals surface area contributed by atoms with Gasteiger partial charge >= 0.3 is 0 Å². The fourth-order valence-corrected chi connectivity index (χ4v) is 3.11. The Labute approximate surface area is 157 Å². The van der Waals surface area contributed by atoms with Gasteiger partial charge in [-0.2, -0.15) is 0 Å². The van der Waals surface area contributed by atoms with Crippen LogP contribution in [0.4, 0.5) is 0 Å². The highest BCUT2D eigenvalue weighted by Crippen LogP contribution is 2.15. The van der Waals surface area contributed by atoms with E-state index < -0.39 is 0 Å². The second-order valence-corrected chi connectivity index (χ2v) is 8.35. The van der Waals surface area contributed by atoms with E-state index in [1.165, 1.54) is 4.90 Å². The molecule has 1 atom stereocenters. The third-order valence-electron chi connectivity index (χ3n) is 4.35. The van der Waals surface area contributed by atoms with Gasteiger partial charge in [0.2, 0.25) is 17.7 Å². The van der Waals surface area contributed by atoms with Crippen LogP contribution in [0.1, 0.15) is 53.4 Å². The van der Waals surface area contributed by atoms with E-state index in [1.54, 1.807) is 7.05 Å². The first kappa shape index (κ1) is 22.4. The molecule has 0 aromatic carbocycles. The third kappa shape index (κ3) is 9.17. The molecular weight excluding hydrogens is 332 g/mol.